The fourth-order valence-electron chi connectivity index (χ4n) is 2.91. The van der Waals surface area contributed by atoms with E-state index in [0.717, 1.165) is 38.5 Å². The highest BCUT2D eigenvalue weighted by molar-refractivity contribution is 7.46. The van der Waals surface area contributed by atoms with Crippen LogP contribution in [0.4, 0.5) is 0 Å². The van der Waals surface area contributed by atoms with Gasteiger partial charge in [-0.2, -0.15) is 0 Å². The average Bonchev–Trinajstić information content (AvgIpc) is 2.67. The summed E-state index contributed by atoms with van der Waals surface area (Å²) in [4.78, 5) is 28.9. The maximum absolute atomic E-state index is 11.6. The molecule has 172 valence electrons. The van der Waals surface area contributed by atoms with E-state index in [9.17, 15) is 9.36 Å². The predicted molar refractivity (Wildman–Crippen MR) is 114 cm³/mol. The van der Waals surface area contributed by atoms with Gasteiger partial charge in [-0.3, -0.25) is 9.32 Å². The van der Waals surface area contributed by atoms with Gasteiger partial charge in [0.25, 0.3) is 0 Å². The number of aliphatic hydroxyl groups is 1. The van der Waals surface area contributed by atoms with Gasteiger partial charge in [-0.05, 0) is 32.1 Å². The normalized spacial score (nSPS) is 13.1. The van der Waals surface area contributed by atoms with E-state index < -0.39 is 26.5 Å². The fourth-order valence-corrected chi connectivity index (χ4v) is 3.42. The second-order valence-corrected chi connectivity index (χ2v) is 8.61. The van der Waals surface area contributed by atoms with E-state index in [1.165, 1.54) is 44.9 Å². The molecule has 0 saturated carbocycles. The van der Waals surface area contributed by atoms with Crippen molar-refractivity contribution in [2.75, 3.05) is 13.2 Å². The molecule has 7 nitrogen and oxygen atoms in total. The smallest absolute Gasteiger partial charge is 0.463 e. The highest BCUT2D eigenvalue weighted by Crippen LogP contribution is 2.37. The molecule has 3 N–H and O–H groups in total. The number of carbonyl (C=O) groups is 1. The Morgan fingerprint density at radius 2 is 1.41 bits per heavy atom. The molecule has 0 aromatic heterocycles. The van der Waals surface area contributed by atoms with Gasteiger partial charge in [0.15, 0.2) is 0 Å². The summed E-state index contributed by atoms with van der Waals surface area (Å²) >= 11 is 0. The van der Waals surface area contributed by atoms with Crippen LogP contribution in [0, 0.1) is 0 Å². The van der Waals surface area contributed by atoms with E-state index in [1.807, 2.05) is 0 Å². The summed E-state index contributed by atoms with van der Waals surface area (Å²) in [7, 11) is -4.71. The first-order valence-electron chi connectivity index (χ1n) is 11.0. The summed E-state index contributed by atoms with van der Waals surface area (Å²) in [6.07, 6.45) is 19.0. The van der Waals surface area contributed by atoms with E-state index in [2.05, 4.69) is 23.6 Å². The number of unbranched alkanes of at least 4 members (excludes halogenated alkanes) is 11. The minimum Gasteiger partial charge on any atom is -0.463 e. The van der Waals surface area contributed by atoms with Crippen LogP contribution in [0.15, 0.2) is 12.2 Å². The number of hydrogen-bond donors (Lipinski definition) is 3. The Morgan fingerprint density at radius 3 is 1.93 bits per heavy atom. The molecule has 0 heterocycles. The van der Waals surface area contributed by atoms with Crippen LogP contribution in [0.25, 0.3) is 0 Å². The average molecular weight is 437 g/mol. The SMILES string of the molecule is CCCCCCCC/C=C\CCCCCCCC(=O)OC[C@H](CO)OP(=O)(O)O. The zero-order valence-corrected chi connectivity index (χ0v) is 18.9. The number of esters is 1. The topological polar surface area (TPSA) is 113 Å². The van der Waals surface area contributed by atoms with Crippen molar-refractivity contribution in [1.29, 1.82) is 0 Å². The van der Waals surface area contributed by atoms with Gasteiger partial charge in [-0.25, -0.2) is 4.57 Å². The highest BCUT2D eigenvalue weighted by atomic mass is 31.2. The van der Waals surface area contributed by atoms with E-state index in [-0.39, 0.29) is 13.0 Å². The minimum absolute atomic E-state index is 0.256. The largest absolute Gasteiger partial charge is 0.470 e. The number of ether oxygens (including phenoxy) is 1. The molecule has 0 aliphatic rings. The molecule has 0 unspecified atom stereocenters. The molecule has 29 heavy (non-hydrogen) atoms. The summed E-state index contributed by atoms with van der Waals surface area (Å²) in [5.41, 5.74) is 0. The molecule has 0 radical (unpaired) electrons. The fraction of sp³-hybridized carbons (Fsp3) is 0.857. The van der Waals surface area contributed by atoms with Crippen molar-refractivity contribution in [3.05, 3.63) is 12.2 Å². The molecule has 0 rings (SSSR count). The van der Waals surface area contributed by atoms with Crippen molar-refractivity contribution >= 4 is 13.8 Å². The Labute approximate surface area is 176 Å². The van der Waals surface area contributed by atoms with Gasteiger partial charge in [0.1, 0.15) is 12.7 Å². The van der Waals surface area contributed by atoms with Crippen LogP contribution < -0.4 is 0 Å². The third kappa shape index (κ3) is 21.8. The predicted octanol–water partition coefficient (Wildman–Crippen LogP) is 5.04. The lowest BCUT2D eigenvalue weighted by molar-refractivity contribution is -0.147. The third-order valence-electron chi connectivity index (χ3n) is 4.56. The first-order valence-corrected chi connectivity index (χ1v) is 12.6. The van der Waals surface area contributed by atoms with Crippen LogP contribution >= 0.6 is 7.82 Å². The number of carbonyl (C=O) groups excluding carboxylic acids is 1. The zero-order valence-electron chi connectivity index (χ0n) is 18.0. The molecule has 0 aliphatic carbocycles. The maximum Gasteiger partial charge on any atom is 0.470 e. The first-order chi connectivity index (χ1) is 13.9. The molecule has 0 amide bonds. The minimum atomic E-state index is -4.71. The molecule has 0 aliphatic heterocycles. The molecule has 0 bridgehead atoms. The molecule has 0 saturated heterocycles. The van der Waals surface area contributed by atoms with E-state index in [1.54, 1.807) is 0 Å². The standard InChI is InChI=1S/C21H41O7P/c1-2-3-4-5-6-7-8-9-10-11-12-13-14-15-16-17-21(23)27-19-20(18-22)28-29(24,25)26/h9-10,20,22H,2-8,11-19H2,1H3,(H2,24,25,26)/b10-9-/t20-/m0/s1. The Kier molecular flexibility index (Phi) is 18.8. The highest BCUT2D eigenvalue weighted by Gasteiger charge is 2.22. The summed E-state index contributed by atoms with van der Waals surface area (Å²) < 4.78 is 19.9. The van der Waals surface area contributed by atoms with Crippen LogP contribution in [-0.4, -0.2) is 40.2 Å². The van der Waals surface area contributed by atoms with Crippen molar-refractivity contribution in [3.8, 4) is 0 Å². The van der Waals surface area contributed by atoms with Crippen molar-refractivity contribution in [1.82, 2.24) is 0 Å². The lowest BCUT2D eigenvalue weighted by atomic mass is 10.1. The molecule has 0 aromatic carbocycles. The van der Waals surface area contributed by atoms with Crippen LogP contribution in [0.5, 0.6) is 0 Å². The third-order valence-corrected chi connectivity index (χ3v) is 5.14. The van der Waals surface area contributed by atoms with Crippen LogP contribution in [0.1, 0.15) is 96.8 Å². The quantitative estimate of drug-likeness (QED) is 0.106. The van der Waals surface area contributed by atoms with Gasteiger partial charge in [-0.15, -0.1) is 0 Å². The van der Waals surface area contributed by atoms with E-state index in [0.29, 0.717) is 0 Å². The van der Waals surface area contributed by atoms with Gasteiger partial charge in [0, 0.05) is 6.42 Å². The molecule has 0 aromatic rings. The molecule has 1 atom stereocenters. The molecular formula is C21H41O7P. The second kappa shape index (κ2) is 19.3. The first kappa shape index (κ1) is 28.3. The van der Waals surface area contributed by atoms with Gasteiger partial charge < -0.3 is 19.6 Å². The van der Waals surface area contributed by atoms with Crippen molar-refractivity contribution in [2.45, 2.75) is 103 Å². The zero-order chi connectivity index (χ0) is 21.8. The van der Waals surface area contributed by atoms with Gasteiger partial charge in [-0.1, -0.05) is 70.4 Å². The summed E-state index contributed by atoms with van der Waals surface area (Å²) in [6, 6.07) is 0. The number of hydrogen-bond acceptors (Lipinski definition) is 5. The molecule has 8 heteroatoms. The van der Waals surface area contributed by atoms with Crippen molar-refractivity contribution < 1.29 is 33.5 Å². The van der Waals surface area contributed by atoms with Crippen LogP contribution in [-0.2, 0) is 18.6 Å². The number of aliphatic hydroxyl groups excluding tert-OH is 1. The number of allylic oxidation sites excluding steroid dienone is 2. The Balaban J connectivity index is 3.46. The number of rotatable bonds is 20. The summed E-state index contributed by atoms with van der Waals surface area (Å²) in [6.45, 7) is 1.24. The lowest BCUT2D eigenvalue weighted by Gasteiger charge is -2.15. The summed E-state index contributed by atoms with van der Waals surface area (Å²) in [5.74, 6) is -0.449. The number of phosphoric acid groups is 1. The Bertz CT molecular complexity index is 462. The van der Waals surface area contributed by atoms with Crippen LogP contribution in [0.3, 0.4) is 0 Å². The molecule has 0 spiro atoms. The monoisotopic (exact) mass is 436 g/mol. The lowest BCUT2D eigenvalue weighted by Crippen LogP contribution is -2.24. The van der Waals surface area contributed by atoms with Gasteiger partial charge >= 0.3 is 13.8 Å². The van der Waals surface area contributed by atoms with E-state index in [4.69, 9.17) is 19.6 Å². The maximum atomic E-state index is 11.6. The van der Waals surface area contributed by atoms with Crippen molar-refractivity contribution in [2.24, 2.45) is 0 Å². The van der Waals surface area contributed by atoms with Crippen LogP contribution in [0.2, 0.25) is 0 Å². The number of phosphoric ester groups is 1. The van der Waals surface area contributed by atoms with Crippen molar-refractivity contribution in [3.63, 3.8) is 0 Å². The Hall–Kier alpha value is -0.720. The second-order valence-electron chi connectivity index (χ2n) is 7.42. The summed E-state index contributed by atoms with van der Waals surface area (Å²) in [5, 5.41) is 8.95. The molecular weight excluding hydrogens is 395 g/mol. The van der Waals surface area contributed by atoms with E-state index >= 15 is 0 Å². The van der Waals surface area contributed by atoms with Gasteiger partial charge in [0.2, 0.25) is 0 Å². The van der Waals surface area contributed by atoms with Gasteiger partial charge in [0.05, 0.1) is 6.61 Å². The Morgan fingerprint density at radius 1 is 0.897 bits per heavy atom. The molecule has 0 fully saturated rings.